The maximum atomic E-state index is 14.6. The van der Waals surface area contributed by atoms with Gasteiger partial charge < -0.3 is 9.64 Å². The number of rotatable bonds is 6. The number of amides is 2. The second kappa shape index (κ2) is 9.06. The number of pyridine rings is 1. The number of anilines is 1. The van der Waals surface area contributed by atoms with E-state index in [0.29, 0.717) is 22.9 Å². The molecule has 2 aliphatic rings. The van der Waals surface area contributed by atoms with Crippen LogP contribution in [0.2, 0.25) is 0 Å². The molecule has 10 heteroatoms. The SMILES string of the molecule is COC1CC(C2C(=O)N(c3ncc(Br)cc3F)CC(=O)N2Cc2ccc(C(C)(F)F)cc2)C1. The highest BCUT2D eigenvalue weighted by Gasteiger charge is 2.49. The fraction of sp³-hybridized carbons (Fsp3) is 0.435. The van der Waals surface area contributed by atoms with Gasteiger partial charge in [0.25, 0.3) is 11.8 Å². The van der Waals surface area contributed by atoms with E-state index in [0.717, 1.165) is 11.8 Å². The Balaban J connectivity index is 1.62. The molecule has 33 heavy (non-hydrogen) atoms. The van der Waals surface area contributed by atoms with Gasteiger partial charge >= 0.3 is 0 Å². The molecule has 0 bridgehead atoms. The van der Waals surface area contributed by atoms with Crippen molar-refractivity contribution in [1.82, 2.24) is 9.88 Å². The topological polar surface area (TPSA) is 62.7 Å². The lowest BCUT2D eigenvalue weighted by Gasteiger charge is -2.47. The number of carbonyl (C=O) groups excluding carboxylic acids is 2. The van der Waals surface area contributed by atoms with Gasteiger partial charge in [-0.2, -0.15) is 0 Å². The largest absolute Gasteiger partial charge is 0.381 e. The number of benzene rings is 1. The lowest BCUT2D eigenvalue weighted by atomic mass is 9.75. The summed E-state index contributed by atoms with van der Waals surface area (Å²) in [5, 5.41) is 0. The maximum absolute atomic E-state index is 14.6. The Labute approximate surface area is 197 Å². The summed E-state index contributed by atoms with van der Waals surface area (Å²) in [7, 11) is 1.59. The van der Waals surface area contributed by atoms with Gasteiger partial charge in [-0.1, -0.05) is 24.3 Å². The summed E-state index contributed by atoms with van der Waals surface area (Å²) < 4.78 is 47.4. The molecule has 1 aliphatic carbocycles. The fourth-order valence-corrected chi connectivity index (χ4v) is 4.64. The van der Waals surface area contributed by atoms with Crippen LogP contribution < -0.4 is 4.90 Å². The van der Waals surface area contributed by atoms with Crippen molar-refractivity contribution >= 4 is 33.6 Å². The first kappa shape index (κ1) is 23.7. The Morgan fingerprint density at radius 1 is 1.21 bits per heavy atom. The first-order valence-electron chi connectivity index (χ1n) is 10.5. The highest BCUT2D eigenvalue weighted by molar-refractivity contribution is 9.10. The summed E-state index contributed by atoms with van der Waals surface area (Å²) in [5.41, 5.74) is 0.493. The molecule has 6 nitrogen and oxygen atoms in total. The number of alkyl halides is 2. The molecule has 2 aromatic rings. The van der Waals surface area contributed by atoms with E-state index < -0.39 is 23.7 Å². The van der Waals surface area contributed by atoms with E-state index in [1.54, 1.807) is 7.11 Å². The van der Waals surface area contributed by atoms with E-state index in [2.05, 4.69) is 20.9 Å². The summed E-state index contributed by atoms with van der Waals surface area (Å²) in [4.78, 5) is 33.2. The zero-order valence-corrected chi connectivity index (χ0v) is 19.7. The van der Waals surface area contributed by atoms with Crippen molar-refractivity contribution < 1.29 is 27.5 Å². The van der Waals surface area contributed by atoms with Gasteiger partial charge in [-0.25, -0.2) is 18.2 Å². The zero-order valence-electron chi connectivity index (χ0n) is 18.1. The molecule has 1 saturated heterocycles. The molecule has 1 atom stereocenters. The van der Waals surface area contributed by atoms with Crippen molar-refractivity contribution in [2.75, 3.05) is 18.6 Å². The maximum Gasteiger partial charge on any atom is 0.270 e. The summed E-state index contributed by atoms with van der Waals surface area (Å²) >= 11 is 3.14. The fourth-order valence-electron chi connectivity index (χ4n) is 4.34. The normalized spacial score (nSPS) is 23.6. The molecule has 176 valence electrons. The van der Waals surface area contributed by atoms with Crippen molar-refractivity contribution in [2.24, 2.45) is 5.92 Å². The van der Waals surface area contributed by atoms with Crippen molar-refractivity contribution in [1.29, 1.82) is 0 Å². The van der Waals surface area contributed by atoms with Gasteiger partial charge in [0.05, 0.1) is 6.10 Å². The quantitative estimate of drug-likeness (QED) is 0.565. The van der Waals surface area contributed by atoms with Gasteiger partial charge in [0.2, 0.25) is 5.91 Å². The Hall–Kier alpha value is -2.46. The van der Waals surface area contributed by atoms with E-state index in [9.17, 15) is 22.8 Å². The number of hydrogen-bond acceptors (Lipinski definition) is 4. The van der Waals surface area contributed by atoms with Crippen molar-refractivity contribution in [3.63, 3.8) is 0 Å². The van der Waals surface area contributed by atoms with Crippen molar-refractivity contribution in [3.05, 3.63) is 57.9 Å². The summed E-state index contributed by atoms with van der Waals surface area (Å²) in [6, 6.07) is 6.06. The van der Waals surface area contributed by atoms with Crippen LogP contribution in [-0.4, -0.2) is 47.5 Å². The number of ether oxygens (including phenoxy) is 1. The van der Waals surface area contributed by atoms with Crippen LogP contribution >= 0.6 is 15.9 Å². The monoisotopic (exact) mass is 525 g/mol. The Kier molecular flexibility index (Phi) is 6.50. The molecular weight excluding hydrogens is 503 g/mol. The Bertz CT molecular complexity index is 1060. The third-order valence-electron chi connectivity index (χ3n) is 6.24. The Morgan fingerprint density at radius 3 is 2.45 bits per heavy atom. The molecule has 1 aliphatic heterocycles. The molecule has 0 spiro atoms. The molecule has 1 unspecified atom stereocenters. The molecule has 1 saturated carbocycles. The zero-order chi connectivity index (χ0) is 23.9. The number of carbonyl (C=O) groups is 2. The molecule has 0 N–H and O–H groups in total. The summed E-state index contributed by atoms with van der Waals surface area (Å²) in [5.74, 6) is -4.82. The third kappa shape index (κ3) is 4.77. The average Bonchev–Trinajstić information content (AvgIpc) is 2.71. The predicted molar refractivity (Wildman–Crippen MR) is 118 cm³/mol. The highest BCUT2D eigenvalue weighted by atomic mass is 79.9. The van der Waals surface area contributed by atoms with E-state index >= 15 is 0 Å². The molecule has 2 heterocycles. The van der Waals surface area contributed by atoms with Gasteiger partial charge in [0.15, 0.2) is 11.6 Å². The summed E-state index contributed by atoms with van der Waals surface area (Å²) in [6.07, 6.45) is 2.53. The van der Waals surface area contributed by atoms with E-state index in [1.807, 2.05) is 0 Å². The first-order chi connectivity index (χ1) is 15.6. The molecule has 1 aromatic heterocycles. The van der Waals surface area contributed by atoms with Gasteiger partial charge in [-0.3, -0.25) is 14.5 Å². The third-order valence-corrected chi connectivity index (χ3v) is 6.67. The molecule has 2 amide bonds. The smallest absolute Gasteiger partial charge is 0.270 e. The Morgan fingerprint density at radius 2 is 1.88 bits per heavy atom. The molecular formula is C23H23BrF3N3O3. The van der Waals surface area contributed by atoms with Crippen molar-refractivity contribution in [2.45, 2.75) is 44.4 Å². The number of aromatic nitrogens is 1. The van der Waals surface area contributed by atoms with Gasteiger partial charge in [0.1, 0.15) is 12.6 Å². The van der Waals surface area contributed by atoms with E-state index in [4.69, 9.17) is 4.74 Å². The van der Waals surface area contributed by atoms with Crippen LogP contribution in [0.25, 0.3) is 0 Å². The second-order valence-electron chi connectivity index (χ2n) is 8.52. The van der Waals surface area contributed by atoms with Crippen LogP contribution in [0.3, 0.4) is 0 Å². The van der Waals surface area contributed by atoms with Crippen molar-refractivity contribution in [3.8, 4) is 0 Å². The number of methoxy groups -OCH3 is 1. The average molecular weight is 526 g/mol. The number of hydrogen-bond donors (Lipinski definition) is 0. The highest BCUT2D eigenvalue weighted by Crippen LogP contribution is 2.38. The molecule has 1 aromatic carbocycles. The number of nitrogens with zero attached hydrogens (tertiary/aromatic N) is 3. The summed E-state index contributed by atoms with van der Waals surface area (Å²) in [6.45, 7) is 0.549. The standard InChI is InChI=1S/C23H23BrF3N3O3/c1-23(26,27)15-5-3-13(4-6-15)11-29-19(31)12-30(21-18(25)9-16(24)10-28-21)22(32)20(29)14-7-17(8-14)33-2/h3-6,9-10,14,17,20H,7-8,11-12H2,1-2H3. The molecule has 0 radical (unpaired) electrons. The minimum absolute atomic E-state index is 0.0104. The molecule has 4 rings (SSSR count). The first-order valence-corrected chi connectivity index (χ1v) is 11.3. The van der Waals surface area contributed by atoms with E-state index in [-0.39, 0.29) is 42.4 Å². The van der Waals surface area contributed by atoms with Crippen LogP contribution in [0.1, 0.15) is 30.9 Å². The molecule has 2 fully saturated rings. The number of halogens is 4. The van der Waals surface area contributed by atoms with Gasteiger partial charge in [0, 0.05) is 36.8 Å². The van der Waals surface area contributed by atoms with E-state index in [1.165, 1.54) is 41.4 Å². The predicted octanol–water partition coefficient (Wildman–Crippen LogP) is 4.26. The van der Waals surface area contributed by atoms with Crippen LogP contribution in [0.5, 0.6) is 0 Å². The lowest BCUT2D eigenvalue weighted by Crippen LogP contribution is -2.64. The lowest BCUT2D eigenvalue weighted by molar-refractivity contribution is -0.150. The number of piperazine rings is 1. The minimum atomic E-state index is -2.97. The van der Waals surface area contributed by atoms with Gasteiger partial charge in [-0.15, -0.1) is 0 Å². The van der Waals surface area contributed by atoms with Crippen LogP contribution in [0, 0.1) is 11.7 Å². The second-order valence-corrected chi connectivity index (χ2v) is 9.44. The minimum Gasteiger partial charge on any atom is -0.381 e. The van der Waals surface area contributed by atoms with Crippen LogP contribution in [0.4, 0.5) is 19.0 Å². The van der Waals surface area contributed by atoms with Crippen LogP contribution in [-0.2, 0) is 26.8 Å². The van der Waals surface area contributed by atoms with Crippen LogP contribution in [0.15, 0.2) is 41.0 Å². The van der Waals surface area contributed by atoms with Gasteiger partial charge in [-0.05, 0) is 46.3 Å².